The van der Waals surface area contributed by atoms with Crippen LogP contribution in [0.4, 0.5) is 0 Å². The van der Waals surface area contributed by atoms with E-state index in [1.54, 1.807) is 0 Å². The van der Waals surface area contributed by atoms with Crippen LogP contribution in [0.15, 0.2) is 84.9 Å². The molecule has 0 aliphatic heterocycles. The fraction of sp³-hybridized carbons (Fsp3) is 0.133. The molecule has 146 valence electrons. The zero-order chi connectivity index (χ0) is 20.8. The maximum Gasteiger partial charge on any atom is -0.00235 e. The SMILES string of the molecule is Cc1c(C)c(C)c2c(-c3ccccc3)c3ccccc3c(-c3ccccc3)c2c1C. The summed E-state index contributed by atoms with van der Waals surface area (Å²) in [5.74, 6) is 0. The first kappa shape index (κ1) is 18.6. The van der Waals surface area contributed by atoms with E-state index in [0.717, 1.165) is 0 Å². The Labute approximate surface area is 178 Å². The van der Waals surface area contributed by atoms with Crippen molar-refractivity contribution >= 4 is 21.5 Å². The Morgan fingerprint density at radius 1 is 0.367 bits per heavy atom. The lowest BCUT2D eigenvalue weighted by molar-refractivity contribution is 1.25. The maximum absolute atomic E-state index is 2.29. The van der Waals surface area contributed by atoms with Gasteiger partial charge in [0.15, 0.2) is 0 Å². The Balaban J connectivity index is 2.14. The standard InChI is InChI=1S/C30H26/c1-19-20(2)22(4)28-27(21(19)3)29(23-13-7-5-8-14-23)25-17-11-12-18-26(25)30(28)24-15-9-6-10-16-24/h5-18H,1-4H3. The molecular weight excluding hydrogens is 360 g/mol. The number of hydrogen-bond acceptors (Lipinski definition) is 0. The van der Waals surface area contributed by atoms with E-state index in [1.807, 2.05) is 0 Å². The van der Waals surface area contributed by atoms with Crippen molar-refractivity contribution in [2.24, 2.45) is 0 Å². The van der Waals surface area contributed by atoms with E-state index < -0.39 is 0 Å². The smallest absolute Gasteiger partial charge is 0.00235 e. The minimum absolute atomic E-state index is 1.28. The second kappa shape index (κ2) is 7.15. The molecule has 0 amide bonds. The molecule has 0 aliphatic rings. The van der Waals surface area contributed by atoms with Gasteiger partial charge in [-0.3, -0.25) is 0 Å². The number of fused-ring (bicyclic) bond motifs is 2. The van der Waals surface area contributed by atoms with Gasteiger partial charge in [0, 0.05) is 0 Å². The summed E-state index contributed by atoms with van der Waals surface area (Å²) in [5.41, 5.74) is 10.8. The van der Waals surface area contributed by atoms with Crippen LogP contribution in [0.3, 0.4) is 0 Å². The predicted molar refractivity (Wildman–Crippen MR) is 131 cm³/mol. The molecular formula is C30H26. The molecule has 0 bridgehead atoms. The van der Waals surface area contributed by atoms with E-state index in [-0.39, 0.29) is 0 Å². The van der Waals surface area contributed by atoms with E-state index in [1.165, 1.54) is 66.1 Å². The number of rotatable bonds is 2. The van der Waals surface area contributed by atoms with Crippen molar-refractivity contribution in [2.75, 3.05) is 0 Å². The van der Waals surface area contributed by atoms with Crippen LogP contribution in [-0.2, 0) is 0 Å². The molecule has 0 radical (unpaired) electrons. The van der Waals surface area contributed by atoms with E-state index in [4.69, 9.17) is 0 Å². The third kappa shape index (κ3) is 2.68. The average molecular weight is 387 g/mol. The molecule has 0 nitrogen and oxygen atoms in total. The molecule has 30 heavy (non-hydrogen) atoms. The van der Waals surface area contributed by atoms with Gasteiger partial charge in [0.2, 0.25) is 0 Å². The lowest BCUT2D eigenvalue weighted by atomic mass is 9.80. The minimum atomic E-state index is 1.28. The molecule has 0 fully saturated rings. The van der Waals surface area contributed by atoms with Crippen LogP contribution in [0.1, 0.15) is 22.3 Å². The molecule has 0 N–H and O–H groups in total. The van der Waals surface area contributed by atoms with Crippen LogP contribution in [0.5, 0.6) is 0 Å². The molecule has 0 saturated carbocycles. The van der Waals surface area contributed by atoms with Gasteiger partial charge < -0.3 is 0 Å². The first-order valence-electron chi connectivity index (χ1n) is 10.6. The van der Waals surface area contributed by atoms with Crippen LogP contribution in [-0.4, -0.2) is 0 Å². The van der Waals surface area contributed by atoms with Crippen molar-refractivity contribution in [1.82, 2.24) is 0 Å². The maximum atomic E-state index is 2.29. The monoisotopic (exact) mass is 386 g/mol. The highest BCUT2D eigenvalue weighted by Crippen LogP contribution is 2.47. The molecule has 0 aromatic heterocycles. The summed E-state index contributed by atoms with van der Waals surface area (Å²) in [6, 6.07) is 30.6. The Bertz CT molecular complexity index is 1280. The highest BCUT2D eigenvalue weighted by molar-refractivity contribution is 6.23. The zero-order valence-electron chi connectivity index (χ0n) is 18.1. The molecule has 5 aromatic rings. The number of aryl methyl sites for hydroxylation is 2. The predicted octanol–water partition coefficient (Wildman–Crippen LogP) is 8.56. The van der Waals surface area contributed by atoms with Crippen molar-refractivity contribution < 1.29 is 0 Å². The third-order valence-corrected chi connectivity index (χ3v) is 6.78. The fourth-order valence-corrected chi connectivity index (χ4v) is 4.94. The summed E-state index contributed by atoms with van der Waals surface area (Å²) in [6.45, 7) is 9.12. The quantitative estimate of drug-likeness (QED) is 0.267. The van der Waals surface area contributed by atoms with Crippen LogP contribution in [0.2, 0.25) is 0 Å². The van der Waals surface area contributed by atoms with Crippen molar-refractivity contribution in [3.8, 4) is 22.3 Å². The Hall–Kier alpha value is -3.38. The van der Waals surface area contributed by atoms with Gasteiger partial charge in [-0.2, -0.15) is 0 Å². The van der Waals surface area contributed by atoms with Crippen molar-refractivity contribution in [1.29, 1.82) is 0 Å². The Kier molecular flexibility index (Phi) is 4.44. The second-order valence-electron chi connectivity index (χ2n) is 8.28. The third-order valence-electron chi connectivity index (χ3n) is 6.78. The molecule has 0 spiro atoms. The van der Waals surface area contributed by atoms with Crippen molar-refractivity contribution in [3.63, 3.8) is 0 Å². The first-order valence-corrected chi connectivity index (χ1v) is 10.6. The molecule has 0 unspecified atom stereocenters. The van der Waals surface area contributed by atoms with E-state index in [9.17, 15) is 0 Å². The fourth-order valence-electron chi connectivity index (χ4n) is 4.94. The lowest BCUT2D eigenvalue weighted by Crippen LogP contribution is -1.99. The largest absolute Gasteiger partial charge is 0.0622 e. The molecule has 0 aliphatic carbocycles. The van der Waals surface area contributed by atoms with Crippen LogP contribution < -0.4 is 0 Å². The topological polar surface area (TPSA) is 0 Å². The molecule has 0 heterocycles. The normalized spacial score (nSPS) is 11.3. The van der Waals surface area contributed by atoms with Crippen molar-refractivity contribution in [3.05, 3.63) is 107 Å². The number of benzene rings is 5. The summed E-state index contributed by atoms with van der Waals surface area (Å²) in [7, 11) is 0. The van der Waals surface area contributed by atoms with Gasteiger partial charge in [-0.05, 0) is 93.7 Å². The molecule has 0 saturated heterocycles. The summed E-state index contributed by atoms with van der Waals surface area (Å²) >= 11 is 0. The molecule has 5 rings (SSSR count). The van der Waals surface area contributed by atoms with Crippen LogP contribution in [0, 0.1) is 27.7 Å². The van der Waals surface area contributed by atoms with Gasteiger partial charge in [-0.25, -0.2) is 0 Å². The molecule has 5 aromatic carbocycles. The van der Waals surface area contributed by atoms with Gasteiger partial charge in [-0.15, -0.1) is 0 Å². The highest BCUT2D eigenvalue weighted by atomic mass is 14.2. The summed E-state index contributed by atoms with van der Waals surface area (Å²) in [6.07, 6.45) is 0. The van der Waals surface area contributed by atoms with E-state index in [2.05, 4.69) is 113 Å². The van der Waals surface area contributed by atoms with Crippen LogP contribution >= 0.6 is 0 Å². The second-order valence-corrected chi connectivity index (χ2v) is 8.28. The number of hydrogen-bond donors (Lipinski definition) is 0. The van der Waals surface area contributed by atoms with Gasteiger partial charge >= 0.3 is 0 Å². The van der Waals surface area contributed by atoms with Gasteiger partial charge in [0.05, 0.1) is 0 Å². The van der Waals surface area contributed by atoms with Gasteiger partial charge in [0.1, 0.15) is 0 Å². The highest BCUT2D eigenvalue weighted by Gasteiger charge is 2.21. The zero-order valence-corrected chi connectivity index (χ0v) is 18.1. The minimum Gasteiger partial charge on any atom is -0.0622 e. The van der Waals surface area contributed by atoms with Crippen molar-refractivity contribution in [2.45, 2.75) is 27.7 Å². The van der Waals surface area contributed by atoms with E-state index >= 15 is 0 Å². The Morgan fingerprint density at radius 3 is 1.07 bits per heavy atom. The summed E-state index contributed by atoms with van der Waals surface area (Å²) in [4.78, 5) is 0. The van der Waals surface area contributed by atoms with Gasteiger partial charge in [-0.1, -0.05) is 84.9 Å². The lowest BCUT2D eigenvalue weighted by Gasteiger charge is -2.23. The van der Waals surface area contributed by atoms with Gasteiger partial charge in [0.25, 0.3) is 0 Å². The average Bonchev–Trinajstić information content (AvgIpc) is 2.80. The molecule has 0 atom stereocenters. The van der Waals surface area contributed by atoms with Crippen LogP contribution in [0.25, 0.3) is 43.8 Å². The first-order chi connectivity index (χ1) is 14.6. The Morgan fingerprint density at radius 2 is 0.700 bits per heavy atom. The van der Waals surface area contributed by atoms with E-state index in [0.29, 0.717) is 0 Å². The molecule has 0 heteroatoms. The summed E-state index contributed by atoms with van der Waals surface area (Å²) < 4.78 is 0. The summed E-state index contributed by atoms with van der Waals surface area (Å²) in [5, 5.41) is 5.42.